The number of hydrogen-bond donors (Lipinski definition) is 2. The van der Waals surface area contributed by atoms with Crippen LogP contribution in [0.3, 0.4) is 0 Å². The Morgan fingerprint density at radius 3 is 2.86 bits per heavy atom. The number of nitrogens with zero attached hydrogens (tertiary/aromatic N) is 1. The fraction of sp³-hybridized carbons (Fsp3) is 0.333. The van der Waals surface area contributed by atoms with E-state index >= 15 is 0 Å². The standard InChI is InChI=1S/C15H18FN3O2S/c1-10-19-12(9-22-10)5-6-17-15(20)18-8-11-3-4-14(21-2)13(16)7-11/h3-4,7,9H,5-6,8H2,1-2H3,(H2,17,18,20). The Kier molecular flexibility index (Phi) is 5.71. The second-order valence-corrected chi connectivity index (χ2v) is 5.75. The largest absolute Gasteiger partial charge is 0.494 e. The van der Waals surface area contributed by atoms with Crippen LogP contribution in [0.1, 0.15) is 16.3 Å². The number of rotatable bonds is 6. The Balaban J connectivity index is 1.72. The lowest BCUT2D eigenvalue weighted by atomic mass is 10.2. The van der Waals surface area contributed by atoms with Gasteiger partial charge in [0.15, 0.2) is 11.6 Å². The van der Waals surface area contributed by atoms with Gasteiger partial charge in [0.05, 0.1) is 17.8 Å². The third-order valence-electron chi connectivity index (χ3n) is 3.00. The third kappa shape index (κ3) is 4.70. The van der Waals surface area contributed by atoms with Crippen LogP contribution in [0, 0.1) is 12.7 Å². The van der Waals surface area contributed by atoms with Gasteiger partial charge in [0.25, 0.3) is 0 Å². The number of hydrogen-bond acceptors (Lipinski definition) is 4. The van der Waals surface area contributed by atoms with E-state index in [2.05, 4.69) is 15.6 Å². The molecule has 0 spiro atoms. The molecule has 1 aromatic carbocycles. The van der Waals surface area contributed by atoms with Crippen molar-refractivity contribution in [1.82, 2.24) is 15.6 Å². The first-order chi connectivity index (χ1) is 10.6. The predicted molar refractivity (Wildman–Crippen MR) is 83.7 cm³/mol. The van der Waals surface area contributed by atoms with E-state index in [1.54, 1.807) is 17.4 Å². The predicted octanol–water partition coefficient (Wildman–Crippen LogP) is 2.64. The first kappa shape index (κ1) is 16.2. The van der Waals surface area contributed by atoms with Crippen molar-refractivity contribution in [3.63, 3.8) is 0 Å². The number of urea groups is 1. The average Bonchev–Trinajstić information content (AvgIpc) is 2.91. The number of amides is 2. The molecule has 0 fully saturated rings. The summed E-state index contributed by atoms with van der Waals surface area (Å²) in [5, 5.41) is 8.42. The molecule has 2 aromatic rings. The lowest BCUT2D eigenvalue weighted by molar-refractivity contribution is 0.240. The third-order valence-corrected chi connectivity index (χ3v) is 3.82. The first-order valence-electron chi connectivity index (χ1n) is 6.83. The minimum atomic E-state index is -0.443. The number of methoxy groups -OCH3 is 1. The van der Waals surface area contributed by atoms with Gasteiger partial charge in [0, 0.05) is 24.9 Å². The number of carbonyl (C=O) groups excluding carboxylic acids is 1. The Labute approximate surface area is 132 Å². The monoisotopic (exact) mass is 323 g/mol. The highest BCUT2D eigenvalue weighted by atomic mass is 32.1. The molecule has 118 valence electrons. The maximum absolute atomic E-state index is 13.5. The molecule has 0 aliphatic heterocycles. The molecular formula is C15H18FN3O2S. The van der Waals surface area contributed by atoms with Gasteiger partial charge >= 0.3 is 6.03 Å². The molecule has 0 aliphatic rings. The van der Waals surface area contributed by atoms with Gasteiger partial charge in [-0.25, -0.2) is 14.2 Å². The highest BCUT2D eigenvalue weighted by Crippen LogP contribution is 2.17. The smallest absolute Gasteiger partial charge is 0.315 e. The minimum Gasteiger partial charge on any atom is -0.494 e. The van der Waals surface area contributed by atoms with Crippen LogP contribution in [-0.4, -0.2) is 24.7 Å². The number of thiazole rings is 1. The van der Waals surface area contributed by atoms with Gasteiger partial charge in [-0.05, 0) is 24.6 Å². The molecule has 1 heterocycles. The van der Waals surface area contributed by atoms with Crippen molar-refractivity contribution in [1.29, 1.82) is 0 Å². The maximum Gasteiger partial charge on any atom is 0.315 e. The molecule has 0 atom stereocenters. The molecule has 0 unspecified atom stereocenters. The first-order valence-corrected chi connectivity index (χ1v) is 7.71. The van der Waals surface area contributed by atoms with E-state index in [9.17, 15) is 9.18 Å². The number of benzene rings is 1. The molecule has 0 radical (unpaired) electrons. The summed E-state index contributed by atoms with van der Waals surface area (Å²) in [6, 6.07) is 4.30. The van der Waals surface area contributed by atoms with E-state index in [0.29, 0.717) is 18.5 Å². The van der Waals surface area contributed by atoms with E-state index in [4.69, 9.17) is 4.74 Å². The molecule has 22 heavy (non-hydrogen) atoms. The minimum absolute atomic E-state index is 0.187. The Morgan fingerprint density at radius 1 is 1.41 bits per heavy atom. The Hall–Kier alpha value is -2.15. The second-order valence-electron chi connectivity index (χ2n) is 4.69. The molecular weight excluding hydrogens is 305 g/mol. The highest BCUT2D eigenvalue weighted by molar-refractivity contribution is 7.09. The van der Waals surface area contributed by atoms with Crippen LogP contribution >= 0.6 is 11.3 Å². The van der Waals surface area contributed by atoms with E-state index in [1.165, 1.54) is 19.2 Å². The van der Waals surface area contributed by atoms with Crippen molar-refractivity contribution in [3.05, 3.63) is 45.7 Å². The molecule has 1 aromatic heterocycles. The number of carbonyl (C=O) groups is 1. The van der Waals surface area contributed by atoms with E-state index in [0.717, 1.165) is 10.7 Å². The van der Waals surface area contributed by atoms with Crippen LogP contribution in [0.2, 0.25) is 0 Å². The number of ether oxygens (including phenoxy) is 1. The van der Waals surface area contributed by atoms with E-state index < -0.39 is 5.82 Å². The zero-order chi connectivity index (χ0) is 15.9. The molecule has 5 nitrogen and oxygen atoms in total. The Morgan fingerprint density at radius 2 is 2.23 bits per heavy atom. The van der Waals surface area contributed by atoms with Crippen LogP contribution < -0.4 is 15.4 Å². The number of nitrogens with one attached hydrogen (secondary N) is 2. The molecule has 0 aliphatic carbocycles. The van der Waals surface area contributed by atoms with Crippen LogP contribution in [0.5, 0.6) is 5.75 Å². The summed E-state index contributed by atoms with van der Waals surface area (Å²) in [5.41, 5.74) is 1.64. The van der Waals surface area contributed by atoms with Crippen molar-refractivity contribution < 1.29 is 13.9 Å². The quantitative estimate of drug-likeness (QED) is 0.859. The van der Waals surface area contributed by atoms with Crippen LogP contribution in [0.25, 0.3) is 0 Å². The molecule has 2 amide bonds. The van der Waals surface area contributed by atoms with E-state index in [-0.39, 0.29) is 18.3 Å². The van der Waals surface area contributed by atoms with Gasteiger partial charge in [-0.3, -0.25) is 0 Å². The van der Waals surface area contributed by atoms with Gasteiger partial charge in [0.2, 0.25) is 0 Å². The van der Waals surface area contributed by atoms with Crippen LogP contribution in [0.15, 0.2) is 23.6 Å². The average molecular weight is 323 g/mol. The summed E-state index contributed by atoms with van der Waals surface area (Å²) >= 11 is 1.59. The number of aromatic nitrogens is 1. The van der Waals surface area contributed by atoms with Crippen LogP contribution in [0.4, 0.5) is 9.18 Å². The summed E-state index contributed by atoms with van der Waals surface area (Å²) in [6.07, 6.45) is 0.689. The van der Waals surface area contributed by atoms with Crippen molar-refractivity contribution in [2.24, 2.45) is 0 Å². The van der Waals surface area contributed by atoms with Gasteiger partial charge in [-0.15, -0.1) is 11.3 Å². The molecule has 2 rings (SSSR count). The molecule has 0 saturated heterocycles. The van der Waals surface area contributed by atoms with Gasteiger partial charge in [-0.1, -0.05) is 6.07 Å². The van der Waals surface area contributed by atoms with Gasteiger partial charge in [-0.2, -0.15) is 0 Å². The summed E-state index contributed by atoms with van der Waals surface area (Å²) in [5.74, 6) is -0.257. The lowest BCUT2D eigenvalue weighted by Gasteiger charge is -2.08. The summed E-state index contributed by atoms with van der Waals surface area (Å²) in [6.45, 7) is 2.71. The van der Waals surface area contributed by atoms with Crippen molar-refractivity contribution in [3.8, 4) is 5.75 Å². The highest BCUT2D eigenvalue weighted by Gasteiger charge is 2.05. The fourth-order valence-corrected chi connectivity index (χ4v) is 2.54. The summed E-state index contributed by atoms with van der Waals surface area (Å²) < 4.78 is 18.4. The zero-order valence-corrected chi connectivity index (χ0v) is 13.3. The van der Waals surface area contributed by atoms with Crippen LogP contribution in [-0.2, 0) is 13.0 Å². The fourth-order valence-electron chi connectivity index (χ4n) is 1.89. The van der Waals surface area contributed by atoms with Gasteiger partial charge in [0.1, 0.15) is 0 Å². The van der Waals surface area contributed by atoms with Crippen molar-refractivity contribution in [2.75, 3.05) is 13.7 Å². The molecule has 2 N–H and O–H groups in total. The molecule has 7 heteroatoms. The second kappa shape index (κ2) is 7.74. The zero-order valence-electron chi connectivity index (χ0n) is 12.5. The van der Waals surface area contributed by atoms with Gasteiger partial charge < -0.3 is 15.4 Å². The normalized spacial score (nSPS) is 10.3. The lowest BCUT2D eigenvalue weighted by Crippen LogP contribution is -2.36. The number of halogens is 1. The van der Waals surface area contributed by atoms with E-state index in [1.807, 2.05) is 12.3 Å². The van der Waals surface area contributed by atoms with Crippen molar-refractivity contribution >= 4 is 17.4 Å². The summed E-state index contributed by atoms with van der Waals surface area (Å²) in [4.78, 5) is 16.0. The molecule has 0 bridgehead atoms. The maximum atomic E-state index is 13.5. The number of aryl methyl sites for hydroxylation is 1. The molecule has 0 saturated carbocycles. The van der Waals surface area contributed by atoms with Crippen molar-refractivity contribution in [2.45, 2.75) is 19.9 Å². The topological polar surface area (TPSA) is 63.2 Å². The SMILES string of the molecule is COc1ccc(CNC(=O)NCCc2csc(C)n2)cc1F. The Bertz CT molecular complexity index is 645. The summed E-state index contributed by atoms with van der Waals surface area (Å²) in [7, 11) is 1.41.